The van der Waals surface area contributed by atoms with Gasteiger partial charge in [-0.3, -0.25) is 0 Å². The van der Waals surface area contributed by atoms with Crippen LogP contribution in [-0.4, -0.2) is 30.8 Å². The van der Waals surface area contributed by atoms with Crippen LogP contribution in [0.1, 0.15) is 21.6 Å². The van der Waals surface area contributed by atoms with Crippen LogP contribution in [0.4, 0.5) is 4.79 Å². The Bertz CT molecular complexity index is 670. The van der Waals surface area contributed by atoms with Crippen LogP contribution in [0.15, 0.2) is 18.2 Å². The molecule has 0 saturated heterocycles. The molecule has 0 aliphatic heterocycles. The number of hydrogen-bond acceptors (Lipinski definition) is 4. The molecule has 0 saturated carbocycles. The van der Waals surface area contributed by atoms with Crippen LogP contribution in [0.5, 0.6) is 0 Å². The summed E-state index contributed by atoms with van der Waals surface area (Å²) in [7, 11) is 2.56. The van der Waals surface area contributed by atoms with Gasteiger partial charge in [0.15, 0.2) is 0 Å². The lowest BCUT2D eigenvalue weighted by Gasteiger charge is -2.08. The lowest BCUT2D eigenvalue weighted by molar-refractivity contribution is 0.0587. The molecular weight excluding hydrogens is 246 g/mol. The molecule has 19 heavy (non-hydrogen) atoms. The minimum absolute atomic E-state index is 0.168. The predicted molar refractivity (Wildman–Crippen MR) is 70.6 cm³/mol. The molecule has 0 amide bonds. The summed E-state index contributed by atoms with van der Waals surface area (Å²) in [6, 6.07) is 5.50. The van der Waals surface area contributed by atoms with Crippen LogP contribution in [0.3, 0.4) is 0 Å². The van der Waals surface area contributed by atoms with Gasteiger partial charge in [0.05, 0.1) is 19.7 Å². The van der Waals surface area contributed by atoms with Crippen LogP contribution in [0, 0.1) is 13.8 Å². The van der Waals surface area contributed by atoms with Crippen molar-refractivity contribution in [2.75, 3.05) is 14.2 Å². The van der Waals surface area contributed by atoms with E-state index in [-0.39, 0.29) is 5.69 Å². The fourth-order valence-corrected chi connectivity index (χ4v) is 2.15. The van der Waals surface area contributed by atoms with Crippen molar-refractivity contribution < 1.29 is 19.1 Å². The Morgan fingerprint density at radius 2 is 1.68 bits per heavy atom. The van der Waals surface area contributed by atoms with Gasteiger partial charge in [0, 0.05) is 5.39 Å². The number of carbonyl (C=O) groups is 2. The third-order valence-electron chi connectivity index (χ3n) is 3.13. The topological polar surface area (TPSA) is 57.5 Å². The molecule has 0 fully saturated rings. The summed E-state index contributed by atoms with van der Waals surface area (Å²) in [6.45, 7) is 3.80. The normalized spacial score (nSPS) is 10.5. The lowest BCUT2D eigenvalue weighted by atomic mass is 10.1. The Morgan fingerprint density at radius 3 is 2.26 bits per heavy atom. The Hall–Kier alpha value is -2.30. The lowest BCUT2D eigenvalue weighted by Crippen LogP contribution is -2.18. The summed E-state index contributed by atoms with van der Waals surface area (Å²) in [5, 5.41) is 0.839. The Kier molecular flexibility index (Phi) is 3.29. The Labute approximate surface area is 110 Å². The van der Waals surface area contributed by atoms with Crippen molar-refractivity contribution in [3.05, 3.63) is 35.0 Å². The second kappa shape index (κ2) is 4.76. The molecule has 0 bridgehead atoms. The van der Waals surface area contributed by atoms with Crippen molar-refractivity contribution in [3.8, 4) is 0 Å². The first-order chi connectivity index (χ1) is 9.01. The van der Waals surface area contributed by atoms with E-state index in [1.165, 1.54) is 18.8 Å². The highest BCUT2D eigenvalue weighted by atomic mass is 16.5. The molecule has 1 heterocycles. The monoisotopic (exact) mass is 261 g/mol. The largest absolute Gasteiger partial charge is 0.464 e. The molecule has 1 aromatic heterocycles. The van der Waals surface area contributed by atoms with Gasteiger partial charge in [-0.1, -0.05) is 12.1 Å². The Balaban J connectivity index is 2.89. The molecule has 0 atom stereocenters. The Morgan fingerprint density at radius 1 is 1.05 bits per heavy atom. The molecule has 5 nitrogen and oxygen atoms in total. The van der Waals surface area contributed by atoms with E-state index in [0.29, 0.717) is 5.52 Å². The minimum atomic E-state index is -0.607. The summed E-state index contributed by atoms with van der Waals surface area (Å²) in [5.74, 6) is -0.569. The van der Waals surface area contributed by atoms with E-state index >= 15 is 0 Å². The molecule has 0 N–H and O–H groups in total. The number of nitrogens with zero attached hydrogens (tertiary/aromatic N) is 1. The number of rotatable bonds is 1. The molecule has 2 aromatic rings. The van der Waals surface area contributed by atoms with E-state index in [9.17, 15) is 9.59 Å². The van der Waals surface area contributed by atoms with Crippen LogP contribution >= 0.6 is 0 Å². The third kappa shape index (κ3) is 1.97. The van der Waals surface area contributed by atoms with Gasteiger partial charge in [0.1, 0.15) is 5.69 Å². The van der Waals surface area contributed by atoms with Gasteiger partial charge in [0.2, 0.25) is 0 Å². The van der Waals surface area contributed by atoms with Crippen molar-refractivity contribution in [2.45, 2.75) is 13.8 Å². The number of esters is 1. The average Bonchev–Trinajstić information content (AvgIpc) is 2.82. The average molecular weight is 261 g/mol. The van der Waals surface area contributed by atoms with Crippen LogP contribution < -0.4 is 0 Å². The SMILES string of the molecule is COC(=O)c1cc2c(C)ccc(C)c2n1C(=O)OC. The number of benzene rings is 1. The van der Waals surface area contributed by atoms with E-state index in [1.807, 2.05) is 26.0 Å². The zero-order chi connectivity index (χ0) is 14.2. The van der Waals surface area contributed by atoms with Crippen molar-refractivity contribution in [1.29, 1.82) is 0 Å². The minimum Gasteiger partial charge on any atom is -0.464 e. The molecule has 100 valence electrons. The van der Waals surface area contributed by atoms with Gasteiger partial charge >= 0.3 is 12.1 Å². The molecule has 0 aliphatic carbocycles. The van der Waals surface area contributed by atoms with Gasteiger partial charge in [-0.15, -0.1) is 0 Å². The number of fused-ring (bicyclic) bond motifs is 1. The zero-order valence-corrected chi connectivity index (χ0v) is 11.3. The first-order valence-corrected chi connectivity index (χ1v) is 5.79. The van der Waals surface area contributed by atoms with Crippen LogP contribution in [0.25, 0.3) is 10.9 Å². The summed E-state index contributed by atoms with van der Waals surface area (Å²) in [5.41, 5.74) is 2.71. The fourth-order valence-electron chi connectivity index (χ4n) is 2.15. The molecule has 0 aliphatic rings. The summed E-state index contributed by atoms with van der Waals surface area (Å²) >= 11 is 0. The molecule has 1 aromatic carbocycles. The van der Waals surface area contributed by atoms with Crippen molar-refractivity contribution >= 4 is 23.0 Å². The van der Waals surface area contributed by atoms with Crippen LogP contribution in [0.2, 0.25) is 0 Å². The smallest absolute Gasteiger partial charge is 0.418 e. The maximum absolute atomic E-state index is 11.9. The highest BCUT2D eigenvalue weighted by molar-refractivity contribution is 6.03. The maximum Gasteiger partial charge on any atom is 0.418 e. The van der Waals surface area contributed by atoms with Gasteiger partial charge in [-0.2, -0.15) is 0 Å². The van der Waals surface area contributed by atoms with Crippen LogP contribution in [-0.2, 0) is 9.47 Å². The summed E-state index contributed by atoms with van der Waals surface area (Å²) < 4.78 is 10.7. The molecule has 2 rings (SSSR count). The second-order valence-electron chi connectivity index (χ2n) is 4.29. The van der Waals surface area contributed by atoms with Crippen molar-refractivity contribution in [2.24, 2.45) is 0 Å². The predicted octanol–water partition coefficient (Wildman–Crippen LogP) is 2.66. The molecule has 5 heteroatoms. The highest BCUT2D eigenvalue weighted by Gasteiger charge is 2.23. The van der Waals surface area contributed by atoms with Gasteiger partial charge in [-0.25, -0.2) is 14.2 Å². The number of aromatic nitrogens is 1. The van der Waals surface area contributed by atoms with E-state index in [2.05, 4.69) is 0 Å². The number of aryl methyl sites for hydroxylation is 2. The molecule has 0 spiro atoms. The van der Waals surface area contributed by atoms with Crippen molar-refractivity contribution in [1.82, 2.24) is 4.57 Å². The number of hydrogen-bond donors (Lipinski definition) is 0. The quantitative estimate of drug-likeness (QED) is 0.740. The number of methoxy groups -OCH3 is 2. The van der Waals surface area contributed by atoms with E-state index in [1.54, 1.807) is 6.07 Å². The molecule has 0 radical (unpaired) electrons. The highest BCUT2D eigenvalue weighted by Crippen LogP contribution is 2.27. The molecular formula is C14H15NO4. The number of carbonyl (C=O) groups excluding carboxylic acids is 2. The number of ether oxygens (including phenoxy) is 2. The first kappa shape index (κ1) is 13.1. The first-order valence-electron chi connectivity index (χ1n) is 5.79. The third-order valence-corrected chi connectivity index (χ3v) is 3.13. The van der Waals surface area contributed by atoms with E-state index < -0.39 is 12.1 Å². The van der Waals surface area contributed by atoms with Crippen molar-refractivity contribution in [3.63, 3.8) is 0 Å². The summed E-state index contributed by atoms with van der Waals surface area (Å²) in [4.78, 5) is 23.7. The van der Waals surface area contributed by atoms with Gasteiger partial charge in [-0.05, 0) is 31.0 Å². The second-order valence-corrected chi connectivity index (χ2v) is 4.29. The maximum atomic E-state index is 11.9. The van der Waals surface area contributed by atoms with E-state index in [4.69, 9.17) is 9.47 Å². The molecule has 0 unspecified atom stereocenters. The van der Waals surface area contributed by atoms with Gasteiger partial charge < -0.3 is 9.47 Å². The standard InChI is InChI=1S/C14H15NO4/c1-8-5-6-9(2)12-10(8)7-11(13(16)18-3)15(12)14(17)19-4/h5-7H,1-4H3. The summed E-state index contributed by atoms with van der Waals surface area (Å²) in [6.07, 6.45) is -0.607. The van der Waals surface area contributed by atoms with Gasteiger partial charge in [0.25, 0.3) is 0 Å². The zero-order valence-electron chi connectivity index (χ0n) is 11.3. The fraction of sp³-hybridized carbons (Fsp3) is 0.286. The van der Waals surface area contributed by atoms with E-state index in [0.717, 1.165) is 16.5 Å².